The number of fused-ring (bicyclic) bond motifs is 8. The van der Waals surface area contributed by atoms with Crippen molar-refractivity contribution in [3.8, 4) is 0 Å². The minimum absolute atomic E-state index is 0.386. The molecule has 8 bridgehead atoms. The normalized spacial score (nSPS) is 12.8. The van der Waals surface area contributed by atoms with Crippen molar-refractivity contribution in [2.75, 3.05) is 0 Å². The standard InChI is InChI=1S/C27H19N5O/c28-27(33)26-24-15-22-11-9-20(31-22)13-18-7-6-17(29-18)12-19-8-10-21(30-19)14-23(32-24)25(26)16-4-2-1-3-5-16/h1-15,29-30H,(H2,28,33). The van der Waals surface area contributed by atoms with Crippen LogP contribution in [0.5, 0.6) is 0 Å². The maximum absolute atomic E-state index is 12.6. The third kappa shape index (κ3) is 3.53. The van der Waals surface area contributed by atoms with Gasteiger partial charge in [-0.2, -0.15) is 0 Å². The van der Waals surface area contributed by atoms with Gasteiger partial charge in [-0.25, -0.2) is 9.97 Å². The molecule has 0 atom stereocenters. The van der Waals surface area contributed by atoms with Gasteiger partial charge in [0.25, 0.3) is 5.91 Å². The molecule has 1 aromatic carbocycles. The number of nitrogens with two attached hydrogens (primary N) is 1. The monoisotopic (exact) mass is 429 g/mol. The number of rotatable bonds is 2. The summed E-state index contributed by atoms with van der Waals surface area (Å²) in [7, 11) is 0. The summed E-state index contributed by atoms with van der Waals surface area (Å²) >= 11 is 0. The van der Waals surface area contributed by atoms with E-state index in [-0.39, 0.29) is 0 Å². The summed E-state index contributed by atoms with van der Waals surface area (Å²) in [6, 6.07) is 25.5. The molecule has 33 heavy (non-hydrogen) atoms. The number of aromatic amines is 2. The number of primary amides is 1. The van der Waals surface area contributed by atoms with Crippen molar-refractivity contribution in [2.24, 2.45) is 5.73 Å². The Labute approximate surface area is 189 Å². The molecule has 2 aliphatic heterocycles. The average molecular weight is 429 g/mol. The fraction of sp³-hybridized carbons (Fsp3) is 0. The van der Waals surface area contributed by atoms with Gasteiger partial charge in [-0.15, -0.1) is 0 Å². The van der Waals surface area contributed by atoms with E-state index < -0.39 is 5.91 Å². The molecule has 0 saturated heterocycles. The molecule has 158 valence electrons. The van der Waals surface area contributed by atoms with Gasteiger partial charge in [0.1, 0.15) is 0 Å². The molecule has 4 N–H and O–H groups in total. The van der Waals surface area contributed by atoms with Crippen molar-refractivity contribution in [3.63, 3.8) is 0 Å². The maximum atomic E-state index is 12.6. The van der Waals surface area contributed by atoms with Crippen molar-refractivity contribution in [1.82, 2.24) is 19.9 Å². The molecule has 0 aliphatic carbocycles. The number of carbonyl (C=O) groups is 1. The molecule has 6 nitrogen and oxygen atoms in total. The van der Waals surface area contributed by atoms with Gasteiger partial charge in [-0.1, -0.05) is 30.3 Å². The van der Waals surface area contributed by atoms with Crippen LogP contribution >= 0.6 is 0 Å². The molecule has 0 unspecified atom stereocenters. The van der Waals surface area contributed by atoms with Crippen LogP contribution in [0.1, 0.15) is 28.3 Å². The lowest BCUT2D eigenvalue weighted by molar-refractivity contribution is -0.112. The minimum Gasteiger partial charge on any atom is -0.366 e. The third-order valence-corrected chi connectivity index (χ3v) is 5.65. The molecular weight excluding hydrogens is 410 g/mol. The van der Waals surface area contributed by atoms with E-state index in [2.05, 4.69) is 15.0 Å². The molecule has 0 spiro atoms. The first-order valence-electron chi connectivity index (χ1n) is 10.6. The molecular formula is C27H19N5O. The SMILES string of the molecule is NC(=O)C1=C(c2ccccc2)c2cc3ccc(cc4ccc(cc5nc(cc1n2)C=C5)[nH]4)[nH]3. The van der Waals surface area contributed by atoms with E-state index in [4.69, 9.17) is 10.7 Å². The maximum Gasteiger partial charge on any atom is 0.251 e. The lowest BCUT2D eigenvalue weighted by Gasteiger charge is -2.05. The largest absolute Gasteiger partial charge is 0.366 e. The Kier molecular flexibility index (Phi) is 4.30. The molecule has 6 rings (SSSR count). The van der Waals surface area contributed by atoms with E-state index >= 15 is 0 Å². The molecule has 4 aromatic rings. The third-order valence-electron chi connectivity index (χ3n) is 5.65. The molecule has 0 fully saturated rings. The van der Waals surface area contributed by atoms with Crippen molar-refractivity contribution >= 4 is 51.3 Å². The summed E-state index contributed by atoms with van der Waals surface area (Å²) in [5.41, 5.74) is 14.3. The lowest BCUT2D eigenvalue weighted by atomic mass is 9.97. The predicted octanol–water partition coefficient (Wildman–Crippen LogP) is 4.93. The highest BCUT2D eigenvalue weighted by Gasteiger charge is 2.25. The highest BCUT2D eigenvalue weighted by molar-refractivity contribution is 6.29. The number of aromatic nitrogens is 4. The van der Waals surface area contributed by atoms with Crippen LogP contribution in [0.2, 0.25) is 0 Å². The number of hydrogen-bond donors (Lipinski definition) is 3. The minimum atomic E-state index is -0.525. The fourth-order valence-corrected chi connectivity index (χ4v) is 4.22. The summed E-state index contributed by atoms with van der Waals surface area (Å²) in [5.74, 6) is -0.525. The van der Waals surface area contributed by atoms with E-state index in [1.165, 1.54) is 0 Å². The topological polar surface area (TPSA) is 100 Å². The van der Waals surface area contributed by atoms with Gasteiger partial charge in [-0.3, -0.25) is 4.79 Å². The van der Waals surface area contributed by atoms with Crippen LogP contribution in [0.4, 0.5) is 0 Å². The number of H-pyrrole nitrogens is 2. The lowest BCUT2D eigenvalue weighted by Crippen LogP contribution is -2.13. The average Bonchev–Trinajstić information content (AvgIpc) is 3.58. The second-order valence-electron chi connectivity index (χ2n) is 7.97. The van der Waals surface area contributed by atoms with Gasteiger partial charge in [-0.05, 0) is 66.2 Å². The molecule has 0 radical (unpaired) electrons. The van der Waals surface area contributed by atoms with Gasteiger partial charge in [0.05, 0.1) is 28.3 Å². The van der Waals surface area contributed by atoms with Gasteiger partial charge in [0.2, 0.25) is 0 Å². The molecule has 5 heterocycles. The zero-order chi connectivity index (χ0) is 22.4. The van der Waals surface area contributed by atoms with Gasteiger partial charge < -0.3 is 15.7 Å². The first-order chi connectivity index (χ1) is 16.1. The Morgan fingerprint density at radius 1 is 0.667 bits per heavy atom. The number of amides is 1. The second-order valence-corrected chi connectivity index (χ2v) is 7.97. The van der Waals surface area contributed by atoms with Crippen molar-refractivity contribution in [2.45, 2.75) is 0 Å². The summed E-state index contributed by atoms with van der Waals surface area (Å²) < 4.78 is 0. The molecule has 2 aliphatic rings. The summed E-state index contributed by atoms with van der Waals surface area (Å²) in [6.45, 7) is 0. The molecule has 3 aromatic heterocycles. The van der Waals surface area contributed by atoms with Crippen LogP contribution in [-0.2, 0) is 4.79 Å². The van der Waals surface area contributed by atoms with Crippen LogP contribution in [0.3, 0.4) is 0 Å². The molecule has 0 saturated carbocycles. The first kappa shape index (κ1) is 19.0. The number of carbonyl (C=O) groups excluding carboxylic acids is 1. The Bertz CT molecular complexity index is 1640. The van der Waals surface area contributed by atoms with Crippen molar-refractivity contribution < 1.29 is 4.79 Å². The fourth-order valence-electron chi connectivity index (χ4n) is 4.22. The summed E-state index contributed by atoms with van der Waals surface area (Å²) in [6.07, 6.45) is 3.84. The van der Waals surface area contributed by atoms with Crippen LogP contribution < -0.4 is 5.73 Å². The van der Waals surface area contributed by atoms with E-state index in [1.54, 1.807) is 6.07 Å². The first-order valence-corrected chi connectivity index (χ1v) is 10.6. The van der Waals surface area contributed by atoms with Crippen LogP contribution in [0, 0.1) is 0 Å². The Morgan fingerprint density at radius 3 is 1.94 bits per heavy atom. The van der Waals surface area contributed by atoms with Gasteiger partial charge >= 0.3 is 0 Å². The highest BCUT2D eigenvalue weighted by atomic mass is 16.1. The summed E-state index contributed by atoms with van der Waals surface area (Å²) in [5, 5.41) is 0. The van der Waals surface area contributed by atoms with Crippen LogP contribution in [0.15, 0.2) is 78.9 Å². The van der Waals surface area contributed by atoms with Gasteiger partial charge in [0, 0.05) is 27.6 Å². The highest BCUT2D eigenvalue weighted by Crippen LogP contribution is 2.35. The van der Waals surface area contributed by atoms with Crippen LogP contribution in [-0.4, -0.2) is 25.8 Å². The molecule has 1 amide bonds. The number of hydrogen-bond acceptors (Lipinski definition) is 3. The predicted molar refractivity (Wildman–Crippen MR) is 131 cm³/mol. The Hall–Kier alpha value is -4.71. The zero-order valence-electron chi connectivity index (χ0n) is 17.5. The smallest absolute Gasteiger partial charge is 0.251 e. The van der Waals surface area contributed by atoms with Crippen molar-refractivity contribution in [1.29, 1.82) is 0 Å². The number of nitrogens with zero attached hydrogens (tertiary/aromatic N) is 2. The Balaban J connectivity index is 1.72. The number of nitrogens with one attached hydrogen (secondary N) is 2. The quantitative estimate of drug-likeness (QED) is 0.371. The second kappa shape index (κ2) is 7.46. The van der Waals surface area contributed by atoms with E-state index in [0.717, 1.165) is 33.3 Å². The van der Waals surface area contributed by atoms with E-state index in [9.17, 15) is 4.79 Å². The number of benzene rings is 1. The zero-order valence-corrected chi connectivity index (χ0v) is 17.5. The van der Waals surface area contributed by atoms with E-state index in [1.807, 2.05) is 84.9 Å². The van der Waals surface area contributed by atoms with Gasteiger partial charge in [0.15, 0.2) is 0 Å². The molecule has 6 heteroatoms. The van der Waals surface area contributed by atoms with E-state index in [0.29, 0.717) is 28.2 Å². The summed E-state index contributed by atoms with van der Waals surface area (Å²) in [4.78, 5) is 28.9. The van der Waals surface area contributed by atoms with Crippen LogP contribution in [0.25, 0.3) is 45.4 Å². The Morgan fingerprint density at radius 2 is 1.27 bits per heavy atom. The van der Waals surface area contributed by atoms with Crippen molar-refractivity contribution in [3.05, 3.63) is 107 Å².